The lowest BCUT2D eigenvalue weighted by molar-refractivity contribution is 0.159. The summed E-state index contributed by atoms with van der Waals surface area (Å²) in [5, 5.41) is 3.55. The molecule has 0 spiro atoms. The van der Waals surface area contributed by atoms with Crippen LogP contribution in [0.5, 0.6) is 0 Å². The highest BCUT2D eigenvalue weighted by molar-refractivity contribution is 4.98. The maximum atomic E-state index is 5.14. The lowest BCUT2D eigenvalue weighted by Gasteiger charge is -2.23. The molecule has 1 unspecified atom stereocenters. The SMILES string of the molecule is CCCNCC1(C(C)CCOC)CC1. The summed E-state index contributed by atoms with van der Waals surface area (Å²) < 4.78 is 5.14. The Hall–Kier alpha value is -0.0800. The van der Waals surface area contributed by atoms with Crippen molar-refractivity contribution in [3.8, 4) is 0 Å². The van der Waals surface area contributed by atoms with Gasteiger partial charge in [0.05, 0.1) is 0 Å². The van der Waals surface area contributed by atoms with E-state index in [-0.39, 0.29) is 0 Å². The molecule has 0 saturated heterocycles. The van der Waals surface area contributed by atoms with Crippen LogP contribution in [-0.4, -0.2) is 26.8 Å². The maximum Gasteiger partial charge on any atom is 0.0465 e. The molecule has 0 aromatic rings. The van der Waals surface area contributed by atoms with Crippen LogP contribution in [0.2, 0.25) is 0 Å². The molecule has 0 aliphatic heterocycles. The molecule has 1 fully saturated rings. The predicted molar refractivity (Wildman–Crippen MR) is 60.5 cm³/mol. The smallest absolute Gasteiger partial charge is 0.0465 e. The summed E-state index contributed by atoms with van der Waals surface area (Å²) in [5.74, 6) is 0.812. The molecule has 0 aromatic carbocycles. The molecule has 2 heteroatoms. The zero-order valence-electron chi connectivity index (χ0n) is 9.94. The summed E-state index contributed by atoms with van der Waals surface area (Å²) in [5.41, 5.74) is 0.619. The third kappa shape index (κ3) is 3.25. The van der Waals surface area contributed by atoms with E-state index in [9.17, 15) is 0 Å². The molecule has 1 N–H and O–H groups in total. The second kappa shape index (κ2) is 5.72. The minimum absolute atomic E-state index is 0.619. The largest absolute Gasteiger partial charge is 0.385 e. The number of hydrogen-bond donors (Lipinski definition) is 1. The van der Waals surface area contributed by atoms with Crippen molar-refractivity contribution in [3.05, 3.63) is 0 Å². The normalized spacial score (nSPS) is 20.8. The lowest BCUT2D eigenvalue weighted by atomic mass is 9.88. The molecule has 1 aliphatic carbocycles. The highest BCUT2D eigenvalue weighted by Crippen LogP contribution is 2.52. The van der Waals surface area contributed by atoms with Crippen LogP contribution in [0.15, 0.2) is 0 Å². The van der Waals surface area contributed by atoms with E-state index in [0.29, 0.717) is 5.41 Å². The predicted octanol–water partition coefficient (Wildman–Crippen LogP) is 2.44. The summed E-state index contributed by atoms with van der Waals surface area (Å²) in [7, 11) is 1.79. The number of rotatable bonds is 8. The van der Waals surface area contributed by atoms with Crippen molar-refractivity contribution in [1.29, 1.82) is 0 Å². The van der Waals surface area contributed by atoms with Crippen LogP contribution in [0.1, 0.15) is 39.5 Å². The first-order valence-electron chi connectivity index (χ1n) is 5.95. The van der Waals surface area contributed by atoms with Crippen molar-refractivity contribution in [1.82, 2.24) is 5.32 Å². The van der Waals surface area contributed by atoms with Crippen molar-refractivity contribution in [2.75, 3.05) is 26.8 Å². The fourth-order valence-electron chi connectivity index (χ4n) is 2.12. The quantitative estimate of drug-likeness (QED) is 0.606. The fraction of sp³-hybridized carbons (Fsp3) is 1.00. The summed E-state index contributed by atoms with van der Waals surface area (Å²) in [6.07, 6.45) is 5.27. The average molecular weight is 199 g/mol. The summed E-state index contributed by atoms with van der Waals surface area (Å²) in [4.78, 5) is 0. The van der Waals surface area contributed by atoms with Gasteiger partial charge in [0.2, 0.25) is 0 Å². The van der Waals surface area contributed by atoms with Crippen LogP contribution in [0.25, 0.3) is 0 Å². The van der Waals surface area contributed by atoms with E-state index in [1.54, 1.807) is 7.11 Å². The van der Waals surface area contributed by atoms with E-state index in [2.05, 4.69) is 19.2 Å². The Morgan fingerprint density at radius 1 is 1.43 bits per heavy atom. The van der Waals surface area contributed by atoms with Gasteiger partial charge < -0.3 is 10.1 Å². The molecule has 0 heterocycles. The first-order chi connectivity index (χ1) is 6.75. The van der Waals surface area contributed by atoms with E-state index in [4.69, 9.17) is 4.74 Å². The number of methoxy groups -OCH3 is 1. The molecule has 14 heavy (non-hydrogen) atoms. The third-order valence-corrected chi connectivity index (χ3v) is 3.60. The van der Waals surface area contributed by atoms with Crippen LogP contribution >= 0.6 is 0 Å². The zero-order chi connectivity index (χ0) is 10.4. The minimum atomic E-state index is 0.619. The monoisotopic (exact) mass is 199 g/mol. The van der Waals surface area contributed by atoms with Gasteiger partial charge in [-0.2, -0.15) is 0 Å². The number of ether oxygens (including phenoxy) is 1. The Balaban J connectivity index is 2.19. The van der Waals surface area contributed by atoms with Gasteiger partial charge >= 0.3 is 0 Å². The summed E-state index contributed by atoms with van der Waals surface area (Å²) >= 11 is 0. The molecule has 1 atom stereocenters. The molecular weight excluding hydrogens is 174 g/mol. The van der Waals surface area contributed by atoms with Crippen molar-refractivity contribution < 1.29 is 4.74 Å². The fourth-order valence-corrected chi connectivity index (χ4v) is 2.12. The van der Waals surface area contributed by atoms with Crippen LogP contribution in [0.4, 0.5) is 0 Å². The van der Waals surface area contributed by atoms with Crippen LogP contribution in [-0.2, 0) is 4.74 Å². The average Bonchev–Trinajstić information content (AvgIpc) is 2.96. The van der Waals surface area contributed by atoms with Gasteiger partial charge in [-0.05, 0) is 43.6 Å². The topological polar surface area (TPSA) is 21.3 Å². The second-order valence-electron chi connectivity index (χ2n) is 4.72. The van der Waals surface area contributed by atoms with E-state index < -0.39 is 0 Å². The molecule has 0 radical (unpaired) electrons. The van der Waals surface area contributed by atoms with Gasteiger partial charge in [-0.15, -0.1) is 0 Å². The van der Waals surface area contributed by atoms with Gasteiger partial charge in [-0.3, -0.25) is 0 Å². The van der Waals surface area contributed by atoms with Gasteiger partial charge in [0.25, 0.3) is 0 Å². The molecular formula is C12H25NO. The Bertz CT molecular complexity index is 154. The maximum absolute atomic E-state index is 5.14. The Morgan fingerprint density at radius 3 is 2.64 bits per heavy atom. The van der Waals surface area contributed by atoms with Crippen LogP contribution in [0.3, 0.4) is 0 Å². The Morgan fingerprint density at radius 2 is 2.14 bits per heavy atom. The van der Waals surface area contributed by atoms with E-state index >= 15 is 0 Å². The number of hydrogen-bond acceptors (Lipinski definition) is 2. The van der Waals surface area contributed by atoms with E-state index in [1.807, 2.05) is 0 Å². The second-order valence-corrected chi connectivity index (χ2v) is 4.72. The highest BCUT2D eigenvalue weighted by Gasteiger charge is 2.46. The highest BCUT2D eigenvalue weighted by atomic mass is 16.5. The zero-order valence-corrected chi connectivity index (χ0v) is 9.94. The molecule has 1 aliphatic rings. The van der Waals surface area contributed by atoms with Gasteiger partial charge in [0, 0.05) is 20.3 Å². The summed E-state index contributed by atoms with van der Waals surface area (Å²) in [6, 6.07) is 0. The van der Waals surface area contributed by atoms with Gasteiger partial charge in [-0.25, -0.2) is 0 Å². The van der Waals surface area contributed by atoms with Crippen molar-refractivity contribution in [2.24, 2.45) is 11.3 Å². The van der Waals surface area contributed by atoms with E-state index in [1.165, 1.54) is 38.8 Å². The van der Waals surface area contributed by atoms with Crippen LogP contribution in [0, 0.1) is 11.3 Å². The van der Waals surface area contributed by atoms with Crippen molar-refractivity contribution in [2.45, 2.75) is 39.5 Å². The first kappa shape index (κ1) is 12.0. The summed E-state index contributed by atoms with van der Waals surface area (Å²) in [6.45, 7) is 7.89. The van der Waals surface area contributed by atoms with Crippen molar-refractivity contribution in [3.63, 3.8) is 0 Å². The Labute approximate surface area is 88.4 Å². The lowest BCUT2D eigenvalue weighted by Crippen LogP contribution is -2.29. The molecule has 1 rings (SSSR count). The van der Waals surface area contributed by atoms with E-state index in [0.717, 1.165) is 12.5 Å². The van der Waals surface area contributed by atoms with Gasteiger partial charge in [-0.1, -0.05) is 13.8 Å². The first-order valence-corrected chi connectivity index (χ1v) is 5.95. The molecule has 0 aromatic heterocycles. The molecule has 0 bridgehead atoms. The van der Waals surface area contributed by atoms with Gasteiger partial charge in [0.15, 0.2) is 0 Å². The third-order valence-electron chi connectivity index (χ3n) is 3.60. The van der Waals surface area contributed by atoms with Gasteiger partial charge in [0.1, 0.15) is 0 Å². The standard InChI is InChI=1S/C12H25NO/c1-4-8-13-10-12(6-7-12)11(2)5-9-14-3/h11,13H,4-10H2,1-3H3. The minimum Gasteiger partial charge on any atom is -0.385 e. The van der Waals surface area contributed by atoms with Crippen LogP contribution < -0.4 is 5.32 Å². The Kier molecular flexibility index (Phi) is 4.90. The molecule has 2 nitrogen and oxygen atoms in total. The number of nitrogens with one attached hydrogen (secondary N) is 1. The molecule has 0 amide bonds. The molecule has 84 valence electrons. The molecule has 1 saturated carbocycles. The van der Waals surface area contributed by atoms with Crippen molar-refractivity contribution >= 4 is 0 Å².